The number of benzene rings is 3. The first-order valence-corrected chi connectivity index (χ1v) is 10.7. The Morgan fingerprint density at radius 1 is 0.774 bits per heavy atom. The fraction of sp³-hybridized carbons (Fsp3) is 0.231. The smallest absolute Gasteiger partial charge is 0.161 e. The first-order chi connectivity index (χ1) is 15.2. The molecule has 1 aliphatic heterocycles. The van der Waals surface area contributed by atoms with Crippen molar-refractivity contribution >= 4 is 17.2 Å². The highest BCUT2D eigenvalue weighted by molar-refractivity contribution is 6.18. The van der Waals surface area contributed by atoms with Gasteiger partial charge in [0.1, 0.15) is 5.71 Å². The van der Waals surface area contributed by atoms with Crippen LogP contribution in [0.15, 0.2) is 76.8 Å². The van der Waals surface area contributed by atoms with Crippen LogP contribution in [-0.4, -0.2) is 24.8 Å². The Balaban J connectivity index is 1.84. The fourth-order valence-electron chi connectivity index (χ4n) is 3.55. The summed E-state index contributed by atoms with van der Waals surface area (Å²) in [7, 11) is 0. The molecule has 1 heterocycles. The van der Waals surface area contributed by atoms with Crippen LogP contribution in [0.1, 0.15) is 43.0 Å². The molecular formula is C26H27N3O2. The maximum absolute atomic E-state index is 5.85. The number of nitrogens with zero attached hydrogens (tertiary/aromatic N) is 2. The normalized spacial score (nSPS) is 12.7. The number of aryl methyl sites for hydroxylation is 1. The molecule has 5 nitrogen and oxygen atoms in total. The van der Waals surface area contributed by atoms with Crippen molar-refractivity contribution in [2.45, 2.75) is 27.2 Å². The van der Waals surface area contributed by atoms with Crippen LogP contribution in [-0.2, 0) is 6.42 Å². The van der Waals surface area contributed by atoms with Gasteiger partial charge in [-0.25, -0.2) is 4.99 Å². The molecule has 1 N–H and O–H groups in total. The van der Waals surface area contributed by atoms with E-state index in [9.17, 15) is 0 Å². The molecule has 31 heavy (non-hydrogen) atoms. The third-order valence-electron chi connectivity index (χ3n) is 5.09. The summed E-state index contributed by atoms with van der Waals surface area (Å²) in [6.45, 7) is 7.23. The van der Waals surface area contributed by atoms with Gasteiger partial charge in [0.25, 0.3) is 0 Å². The molecule has 0 bridgehead atoms. The summed E-state index contributed by atoms with van der Waals surface area (Å²) in [5.74, 6) is 2.17. The SMILES string of the molecule is CCOc1ccc(C2=NNC(c3ccccc3)=Nc3ccc(CC)cc32)cc1OCC. The highest BCUT2D eigenvalue weighted by Gasteiger charge is 2.19. The van der Waals surface area contributed by atoms with E-state index in [-0.39, 0.29) is 0 Å². The number of hydrazone groups is 1. The molecule has 0 saturated carbocycles. The summed E-state index contributed by atoms with van der Waals surface area (Å²) in [5, 5.41) is 4.78. The number of hydrogen-bond acceptors (Lipinski definition) is 5. The quantitative estimate of drug-likeness (QED) is 0.558. The molecule has 0 spiro atoms. The molecular weight excluding hydrogens is 386 g/mol. The van der Waals surface area contributed by atoms with E-state index in [1.54, 1.807) is 0 Å². The van der Waals surface area contributed by atoms with Gasteiger partial charge >= 0.3 is 0 Å². The van der Waals surface area contributed by atoms with E-state index in [2.05, 4.69) is 30.5 Å². The molecule has 0 fully saturated rings. The molecule has 0 radical (unpaired) electrons. The van der Waals surface area contributed by atoms with Crippen molar-refractivity contribution in [2.24, 2.45) is 10.1 Å². The van der Waals surface area contributed by atoms with E-state index >= 15 is 0 Å². The topological polar surface area (TPSA) is 55.2 Å². The zero-order valence-electron chi connectivity index (χ0n) is 18.2. The highest BCUT2D eigenvalue weighted by atomic mass is 16.5. The summed E-state index contributed by atoms with van der Waals surface area (Å²) in [6, 6.07) is 22.3. The van der Waals surface area contributed by atoms with Gasteiger partial charge in [0, 0.05) is 16.7 Å². The summed E-state index contributed by atoms with van der Waals surface area (Å²) >= 11 is 0. The fourth-order valence-corrected chi connectivity index (χ4v) is 3.55. The van der Waals surface area contributed by atoms with Crippen molar-refractivity contribution in [3.05, 3.63) is 89.0 Å². The molecule has 3 aromatic rings. The average molecular weight is 414 g/mol. The largest absolute Gasteiger partial charge is 0.490 e. The van der Waals surface area contributed by atoms with Crippen LogP contribution in [0.25, 0.3) is 0 Å². The van der Waals surface area contributed by atoms with Crippen LogP contribution in [0.2, 0.25) is 0 Å². The number of rotatable bonds is 7. The second-order valence-electron chi connectivity index (χ2n) is 7.13. The highest BCUT2D eigenvalue weighted by Crippen LogP contribution is 2.32. The van der Waals surface area contributed by atoms with Gasteiger partial charge in [-0.3, -0.25) is 5.43 Å². The van der Waals surface area contributed by atoms with Gasteiger partial charge in [0.15, 0.2) is 17.3 Å². The first kappa shape index (κ1) is 20.7. The Kier molecular flexibility index (Phi) is 6.32. The van der Waals surface area contributed by atoms with E-state index in [1.165, 1.54) is 5.56 Å². The van der Waals surface area contributed by atoms with Gasteiger partial charge in [0.2, 0.25) is 0 Å². The predicted molar refractivity (Wildman–Crippen MR) is 126 cm³/mol. The minimum Gasteiger partial charge on any atom is -0.490 e. The molecule has 3 aromatic carbocycles. The summed E-state index contributed by atoms with van der Waals surface area (Å²) in [4.78, 5) is 4.90. The van der Waals surface area contributed by atoms with Crippen LogP contribution in [0.4, 0.5) is 5.69 Å². The molecule has 1 aliphatic rings. The minimum atomic E-state index is 0.562. The number of nitrogens with one attached hydrogen (secondary N) is 1. The Morgan fingerprint density at radius 3 is 2.29 bits per heavy atom. The molecule has 0 saturated heterocycles. The third-order valence-corrected chi connectivity index (χ3v) is 5.09. The third kappa shape index (κ3) is 4.45. The Bertz CT molecular complexity index is 1120. The number of fused-ring (bicyclic) bond motifs is 1. The number of ether oxygens (including phenoxy) is 2. The standard InChI is InChI=1S/C26H27N3O2/c1-4-18-12-14-22-21(16-18)25(28-29-26(27-22)19-10-8-7-9-11-19)20-13-15-23(30-5-2)24(17-20)31-6-3/h7-17H,4-6H2,1-3H3,(H,27,29). The first-order valence-electron chi connectivity index (χ1n) is 10.7. The second kappa shape index (κ2) is 9.47. The molecule has 0 amide bonds. The van der Waals surface area contributed by atoms with E-state index in [0.29, 0.717) is 19.0 Å². The van der Waals surface area contributed by atoms with Gasteiger partial charge in [0.05, 0.1) is 18.9 Å². The van der Waals surface area contributed by atoms with Crippen LogP contribution < -0.4 is 14.9 Å². The Hall–Kier alpha value is -3.60. The molecule has 0 aromatic heterocycles. The van der Waals surface area contributed by atoms with Crippen LogP contribution >= 0.6 is 0 Å². The lowest BCUT2D eigenvalue weighted by atomic mass is 9.97. The van der Waals surface area contributed by atoms with Crippen LogP contribution in [0, 0.1) is 0 Å². The van der Waals surface area contributed by atoms with E-state index < -0.39 is 0 Å². The average Bonchev–Trinajstić information content (AvgIpc) is 3.00. The Morgan fingerprint density at radius 2 is 1.55 bits per heavy atom. The Labute approximate surface area is 183 Å². The maximum atomic E-state index is 5.85. The van der Waals surface area contributed by atoms with Gasteiger partial charge in [-0.1, -0.05) is 43.3 Å². The number of hydrogen-bond donors (Lipinski definition) is 1. The molecule has 0 aliphatic carbocycles. The maximum Gasteiger partial charge on any atom is 0.161 e. The van der Waals surface area contributed by atoms with Gasteiger partial charge in [-0.2, -0.15) is 5.10 Å². The monoisotopic (exact) mass is 413 g/mol. The molecule has 0 atom stereocenters. The minimum absolute atomic E-state index is 0.562. The lowest BCUT2D eigenvalue weighted by Crippen LogP contribution is -2.19. The lowest BCUT2D eigenvalue weighted by molar-refractivity contribution is 0.287. The summed E-state index contributed by atoms with van der Waals surface area (Å²) < 4.78 is 11.6. The molecule has 0 unspecified atom stereocenters. The molecule has 5 heteroatoms. The van der Waals surface area contributed by atoms with Gasteiger partial charge in [-0.05, 0) is 56.2 Å². The van der Waals surface area contributed by atoms with Crippen molar-refractivity contribution in [1.29, 1.82) is 0 Å². The summed E-state index contributed by atoms with van der Waals surface area (Å²) in [5.41, 5.74) is 9.05. The summed E-state index contributed by atoms with van der Waals surface area (Å²) in [6.07, 6.45) is 0.941. The number of aliphatic imine (C=N–C) groups is 1. The van der Waals surface area contributed by atoms with Crippen molar-refractivity contribution in [3.63, 3.8) is 0 Å². The van der Waals surface area contributed by atoms with Gasteiger partial charge < -0.3 is 9.47 Å². The van der Waals surface area contributed by atoms with Crippen molar-refractivity contribution in [1.82, 2.24) is 5.43 Å². The van der Waals surface area contributed by atoms with Gasteiger partial charge in [-0.15, -0.1) is 0 Å². The second-order valence-corrected chi connectivity index (χ2v) is 7.13. The molecule has 4 rings (SSSR count). The molecule has 158 valence electrons. The van der Waals surface area contributed by atoms with E-state index in [0.717, 1.165) is 46.1 Å². The van der Waals surface area contributed by atoms with Crippen LogP contribution in [0.5, 0.6) is 11.5 Å². The van der Waals surface area contributed by atoms with E-state index in [1.807, 2.05) is 62.4 Å². The zero-order valence-corrected chi connectivity index (χ0v) is 18.2. The van der Waals surface area contributed by atoms with Crippen molar-refractivity contribution in [3.8, 4) is 11.5 Å². The van der Waals surface area contributed by atoms with Crippen molar-refractivity contribution in [2.75, 3.05) is 13.2 Å². The van der Waals surface area contributed by atoms with Crippen LogP contribution in [0.3, 0.4) is 0 Å². The van der Waals surface area contributed by atoms with Crippen molar-refractivity contribution < 1.29 is 9.47 Å². The zero-order chi connectivity index (χ0) is 21.6. The number of amidine groups is 1. The van der Waals surface area contributed by atoms with E-state index in [4.69, 9.17) is 19.6 Å². The predicted octanol–water partition coefficient (Wildman–Crippen LogP) is 5.48. The lowest BCUT2D eigenvalue weighted by Gasteiger charge is -2.14.